The van der Waals surface area contributed by atoms with Gasteiger partial charge in [0.2, 0.25) is 0 Å². The number of halogens is 1. The molecule has 0 atom stereocenters. The van der Waals surface area contributed by atoms with Gasteiger partial charge in [-0.3, -0.25) is 4.79 Å². The van der Waals surface area contributed by atoms with Gasteiger partial charge in [-0.25, -0.2) is 4.79 Å². The van der Waals surface area contributed by atoms with E-state index in [1.54, 1.807) is 20.2 Å². The van der Waals surface area contributed by atoms with Crippen LogP contribution in [0.5, 0.6) is 11.5 Å². The number of carbonyl (C=O) groups excluding carboxylic acids is 2. The van der Waals surface area contributed by atoms with Gasteiger partial charge in [-0.15, -0.1) is 0 Å². The van der Waals surface area contributed by atoms with Crippen molar-refractivity contribution in [2.24, 2.45) is 0 Å². The van der Waals surface area contributed by atoms with Crippen LogP contribution < -0.4 is 4.74 Å². The fraction of sp³-hybridized carbons (Fsp3) is 0.222. The van der Waals surface area contributed by atoms with Gasteiger partial charge in [0, 0.05) is 24.2 Å². The Labute approximate surface area is 150 Å². The number of rotatable bonds is 6. The first kappa shape index (κ1) is 18.6. The zero-order valence-corrected chi connectivity index (χ0v) is 14.6. The summed E-state index contributed by atoms with van der Waals surface area (Å²) in [5.41, 5.74) is 0.743. The molecule has 0 aliphatic carbocycles. The maximum absolute atomic E-state index is 12.2. The number of hydrogen-bond donors (Lipinski definition) is 1. The smallest absolute Gasteiger partial charge is 0.342 e. The second kappa shape index (κ2) is 8.39. The van der Waals surface area contributed by atoms with Gasteiger partial charge in [0.25, 0.3) is 5.91 Å². The van der Waals surface area contributed by atoms with Gasteiger partial charge in [0.1, 0.15) is 17.1 Å². The molecule has 1 amide bonds. The van der Waals surface area contributed by atoms with Crippen LogP contribution in [0.15, 0.2) is 42.5 Å². The second-order valence-corrected chi connectivity index (χ2v) is 5.74. The Hall–Kier alpha value is -2.73. The van der Waals surface area contributed by atoms with E-state index in [-0.39, 0.29) is 22.2 Å². The lowest BCUT2D eigenvalue weighted by atomic mass is 10.2. The number of phenols is 1. The van der Waals surface area contributed by atoms with Crippen molar-refractivity contribution in [3.05, 3.63) is 58.6 Å². The van der Waals surface area contributed by atoms with E-state index in [0.717, 1.165) is 5.56 Å². The normalized spacial score (nSPS) is 10.2. The number of ether oxygens (including phenoxy) is 2. The average molecular weight is 364 g/mol. The lowest BCUT2D eigenvalue weighted by Gasteiger charge is -2.18. The highest BCUT2D eigenvalue weighted by Crippen LogP contribution is 2.22. The molecule has 6 nitrogen and oxygen atoms in total. The summed E-state index contributed by atoms with van der Waals surface area (Å²) in [6.45, 7) is -0.140. The number of nitrogens with zero attached hydrogens (tertiary/aromatic N) is 1. The number of para-hydroxylation sites is 1. The number of amides is 1. The number of aromatic hydroxyl groups is 1. The highest BCUT2D eigenvalue weighted by atomic mass is 35.5. The average Bonchev–Trinajstić information content (AvgIpc) is 2.61. The number of carbonyl (C=O) groups is 2. The SMILES string of the molecule is COc1ccccc1CN(C)C(=O)COC(=O)c1cc(Cl)ccc1O. The molecule has 0 saturated heterocycles. The van der Waals surface area contributed by atoms with Gasteiger partial charge in [-0.1, -0.05) is 29.8 Å². The quantitative estimate of drug-likeness (QED) is 0.799. The Bertz CT molecular complexity index is 778. The summed E-state index contributed by atoms with van der Waals surface area (Å²) < 4.78 is 10.2. The summed E-state index contributed by atoms with van der Waals surface area (Å²) in [7, 11) is 3.15. The molecule has 0 aliphatic rings. The van der Waals surface area contributed by atoms with Crippen LogP contribution in [0.3, 0.4) is 0 Å². The standard InChI is InChI=1S/C18H18ClNO5/c1-20(10-12-5-3-4-6-16(12)24-2)17(22)11-25-18(23)14-9-13(19)7-8-15(14)21/h3-9,21H,10-11H2,1-2H3. The van der Waals surface area contributed by atoms with Crippen molar-refractivity contribution in [2.75, 3.05) is 20.8 Å². The van der Waals surface area contributed by atoms with E-state index >= 15 is 0 Å². The Morgan fingerprint density at radius 2 is 1.92 bits per heavy atom. The van der Waals surface area contributed by atoms with Crippen molar-refractivity contribution in [1.82, 2.24) is 4.90 Å². The van der Waals surface area contributed by atoms with Crippen molar-refractivity contribution >= 4 is 23.5 Å². The Morgan fingerprint density at radius 3 is 2.64 bits per heavy atom. The minimum Gasteiger partial charge on any atom is -0.507 e. The molecule has 2 aromatic carbocycles. The zero-order chi connectivity index (χ0) is 18.4. The number of benzene rings is 2. The Morgan fingerprint density at radius 1 is 1.20 bits per heavy atom. The van der Waals surface area contributed by atoms with E-state index in [0.29, 0.717) is 12.3 Å². The summed E-state index contributed by atoms with van der Waals surface area (Å²) in [5.74, 6) is -0.799. The molecule has 1 N–H and O–H groups in total. The van der Waals surface area contributed by atoms with E-state index in [4.69, 9.17) is 21.1 Å². The molecular formula is C18H18ClNO5. The van der Waals surface area contributed by atoms with Crippen molar-refractivity contribution < 1.29 is 24.2 Å². The summed E-state index contributed by atoms with van der Waals surface area (Å²) in [5, 5.41) is 9.95. The molecule has 25 heavy (non-hydrogen) atoms. The van der Waals surface area contributed by atoms with Crippen LogP contribution in [0, 0.1) is 0 Å². The van der Waals surface area contributed by atoms with Crippen molar-refractivity contribution in [1.29, 1.82) is 0 Å². The van der Waals surface area contributed by atoms with E-state index in [1.165, 1.54) is 23.1 Å². The van der Waals surface area contributed by atoms with Gasteiger partial charge < -0.3 is 19.5 Å². The Balaban J connectivity index is 1.95. The van der Waals surface area contributed by atoms with E-state index < -0.39 is 12.6 Å². The van der Waals surface area contributed by atoms with Crippen molar-refractivity contribution in [3.63, 3.8) is 0 Å². The minimum absolute atomic E-state index is 0.0901. The molecule has 7 heteroatoms. The minimum atomic E-state index is -0.820. The zero-order valence-electron chi connectivity index (χ0n) is 13.9. The van der Waals surface area contributed by atoms with Crippen LogP contribution >= 0.6 is 11.6 Å². The van der Waals surface area contributed by atoms with Crippen LogP contribution in [0.1, 0.15) is 15.9 Å². The van der Waals surface area contributed by atoms with Gasteiger partial charge in [0.05, 0.1) is 7.11 Å². The Kier molecular flexibility index (Phi) is 6.25. The molecule has 2 rings (SSSR count). The van der Waals surface area contributed by atoms with Crippen LogP contribution in [0.25, 0.3) is 0 Å². The third-order valence-electron chi connectivity index (χ3n) is 3.53. The summed E-state index contributed by atoms with van der Waals surface area (Å²) in [4.78, 5) is 25.5. The highest BCUT2D eigenvalue weighted by Gasteiger charge is 2.17. The fourth-order valence-electron chi connectivity index (χ4n) is 2.16. The number of likely N-dealkylation sites (N-methyl/N-ethyl adjacent to an activating group) is 1. The van der Waals surface area contributed by atoms with Gasteiger partial charge >= 0.3 is 5.97 Å². The fourth-order valence-corrected chi connectivity index (χ4v) is 2.34. The topological polar surface area (TPSA) is 76.1 Å². The highest BCUT2D eigenvalue weighted by molar-refractivity contribution is 6.31. The van der Waals surface area contributed by atoms with Crippen LogP contribution in [-0.2, 0) is 16.1 Å². The van der Waals surface area contributed by atoms with Crippen molar-refractivity contribution in [2.45, 2.75) is 6.54 Å². The second-order valence-electron chi connectivity index (χ2n) is 5.30. The molecular weight excluding hydrogens is 346 g/mol. The monoisotopic (exact) mass is 363 g/mol. The van der Waals surface area contributed by atoms with Crippen LogP contribution in [0.2, 0.25) is 5.02 Å². The molecule has 132 valence electrons. The molecule has 0 spiro atoms. The lowest BCUT2D eigenvalue weighted by Crippen LogP contribution is -2.31. The van der Waals surface area contributed by atoms with E-state index in [1.807, 2.05) is 18.2 Å². The van der Waals surface area contributed by atoms with Gasteiger partial charge in [-0.2, -0.15) is 0 Å². The number of phenolic OH excluding ortho intramolecular Hbond substituents is 1. The molecule has 0 heterocycles. The molecule has 0 saturated carbocycles. The molecule has 2 aromatic rings. The third kappa shape index (κ3) is 4.87. The predicted molar refractivity (Wildman–Crippen MR) is 92.9 cm³/mol. The molecule has 0 fully saturated rings. The third-order valence-corrected chi connectivity index (χ3v) is 3.77. The van der Waals surface area contributed by atoms with Crippen LogP contribution in [-0.4, -0.2) is 42.6 Å². The maximum atomic E-state index is 12.2. The molecule has 0 aliphatic heterocycles. The molecule has 0 radical (unpaired) electrons. The van der Waals surface area contributed by atoms with Crippen LogP contribution in [0.4, 0.5) is 0 Å². The first-order valence-electron chi connectivity index (χ1n) is 7.44. The van der Waals surface area contributed by atoms with E-state index in [2.05, 4.69) is 0 Å². The summed E-state index contributed by atoms with van der Waals surface area (Å²) in [6, 6.07) is 11.3. The lowest BCUT2D eigenvalue weighted by molar-refractivity contribution is -0.133. The molecule has 0 unspecified atom stereocenters. The first-order chi connectivity index (χ1) is 11.9. The molecule has 0 aromatic heterocycles. The first-order valence-corrected chi connectivity index (χ1v) is 7.81. The maximum Gasteiger partial charge on any atom is 0.342 e. The van der Waals surface area contributed by atoms with Gasteiger partial charge in [-0.05, 0) is 24.3 Å². The number of esters is 1. The summed E-state index contributed by atoms with van der Waals surface area (Å²) >= 11 is 5.79. The van der Waals surface area contributed by atoms with Gasteiger partial charge in [0.15, 0.2) is 6.61 Å². The predicted octanol–water partition coefficient (Wildman–Crippen LogP) is 2.87. The van der Waals surface area contributed by atoms with Crippen molar-refractivity contribution in [3.8, 4) is 11.5 Å². The molecule has 0 bridgehead atoms. The number of hydrogen-bond acceptors (Lipinski definition) is 5. The largest absolute Gasteiger partial charge is 0.507 e. The van der Waals surface area contributed by atoms with E-state index in [9.17, 15) is 14.7 Å². The summed E-state index contributed by atoms with van der Waals surface area (Å²) in [6.07, 6.45) is 0. The number of methoxy groups -OCH3 is 1.